The lowest BCUT2D eigenvalue weighted by Crippen LogP contribution is -2.27. The van der Waals surface area contributed by atoms with Gasteiger partial charge in [0.2, 0.25) is 0 Å². The van der Waals surface area contributed by atoms with E-state index in [1.165, 1.54) is 5.70 Å². The van der Waals surface area contributed by atoms with E-state index in [0.717, 1.165) is 85.8 Å². The molecule has 1 unspecified atom stereocenters. The molecule has 4 nitrogen and oxygen atoms in total. The molecule has 9 aromatic carbocycles. The lowest BCUT2D eigenvalue weighted by molar-refractivity contribution is 0.103. The second-order valence-electron chi connectivity index (χ2n) is 17.4. The van der Waals surface area contributed by atoms with Gasteiger partial charge in [-0.1, -0.05) is 164 Å². The molecule has 4 heteroatoms. The van der Waals surface area contributed by atoms with Crippen LogP contribution in [0.15, 0.2) is 248 Å². The van der Waals surface area contributed by atoms with Crippen molar-refractivity contribution in [2.24, 2.45) is 0 Å². The maximum Gasteiger partial charge on any atom is 0.193 e. The number of allylic oxidation sites excluding steroid dienone is 4. The first-order valence-electron chi connectivity index (χ1n) is 23.0. The zero-order valence-corrected chi connectivity index (χ0v) is 36.7. The van der Waals surface area contributed by atoms with E-state index in [0.29, 0.717) is 22.3 Å². The van der Waals surface area contributed by atoms with E-state index in [-0.39, 0.29) is 11.6 Å². The molecular weight excluding hydrogens is 817 g/mol. The maximum atomic E-state index is 14.6. The Balaban J connectivity index is 1.17. The minimum Gasteiger partial charge on any atom is -0.314 e. The molecule has 1 spiro atoms. The van der Waals surface area contributed by atoms with Crippen LogP contribution in [0.4, 0.5) is 28.4 Å². The van der Waals surface area contributed by atoms with Crippen molar-refractivity contribution in [3.05, 3.63) is 293 Å². The predicted molar refractivity (Wildman–Crippen MR) is 272 cm³/mol. The van der Waals surface area contributed by atoms with Crippen LogP contribution in [0.5, 0.6) is 0 Å². The number of para-hydroxylation sites is 3. The minimum absolute atomic E-state index is 0.0396. The van der Waals surface area contributed by atoms with Crippen LogP contribution < -0.4 is 9.80 Å². The Bertz CT molecular complexity index is 3330. The predicted octanol–water partition coefficient (Wildman–Crippen LogP) is 15.3. The Morgan fingerprint density at radius 1 is 0.358 bits per heavy atom. The summed E-state index contributed by atoms with van der Waals surface area (Å²) >= 11 is 0. The Labute approximate surface area is 391 Å². The number of hydrogen-bond acceptors (Lipinski definition) is 4. The molecular formula is C63H44N2O2. The molecule has 67 heavy (non-hydrogen) atoms. The van der Waals surface area contributed by atoms with Crippen molar-refractivity contribution in [1.82, 2.24) is 0 Å². The Hall–Kier alpha value is -8.60. The Kier molecular flexibility index (Phi) is 9.80. The SMILES string of the molecule is O=C(c1ccccc1)c1ccc2c(c1)C1(c3cc(C(=O)c4ccccc4)ccc3-c3ccc(N(c4ccccc4)c4ccccc4)cc31)c1cc(N(C3=CC=CCC3)c3ccccc3)ccc1-2. The summed E-state index contributed by atoms with van der Waals surface area (Å²) in [6, 6.07) is 76.9. The van der Waals surface area contributed by atoms with Crippen molar-refractivity contribution in [2.75, 3.05) is 9.80 Å². The van der Waals surface area contributed by atoms with Gasteiger partial charge in [-0.2, -0.15) is 0 Å². The minimum atomic E-state index is -0.941. The highest BCUT2D eigenvalue weighted by Crippen LogP contribution is 2.64. The lowest BCUT2D eigenvalue weighted by atomic mass is 9.69. The van der Waals surface area contributed by atoms with Gasteiger partial charge in [0.15, 0.2) is 11.6 Å². The number of carbonyl (C=O) groups is 2. The average molecular weight is 861 g/mol. The average Bonchev–Trinajstić information content (AvgIpc) is 3.86. The van der Waals surface area contributed by atoms with Crippen molar-refractivity contribution in [3.63, 3.8) is 0 Å². The fourth-order valence-corrected chi connectivity index (χ4v) is 10.7. The van der Waals surface area contributed by atoms with E-state index in [9.17, 15) is 9.59 Å². The Morgan fingerprint density at radius 3 is 1.15 bits per heavy atom. The van der Waals surface area contributed by atoms with Crippen LogP contribution in [0.25, 0.3) is 22.3 Å². The highest BCUT2D eigenvalue weighted by molar-refractivity contribution is 6.11. The first kappa shape index (κ1) is 40.0. The van der Waals surface area contributed by atoms with Gasteiger partial charge in [-0.25, -0.2) is 0 Å². The molecule has 0 bridgehead atoms. The molecule has 0 heterocycles. The van der Waals surface area contributed by atoms with Gasteiger partial charge in [0.25, 0.3) is 0 Å². The second-order valence-corrected chi connectivity index (χ2v) is 17.4. The summed E-state index contributed by atoms with van der Waals surface area (Å²) in [6.45, 7) is 0. The van der Waals surface area contributed by atoms with E-state index >= 15 is 0 Å². The number of benzene rings is 9. The van der Waals surface area contributed by atoms with E-state index in [1.807, 2.05) is 84.9 Å². The monoisotopic (exact) mass is 860 g/mol. The summed E-state index contributed by atoms with van der Waals surface area (Å²) in [7, 11) is 0. The zero-order chi connectivity index (χ0) is 44.9. The first-order valence-corrected chi connectivity index (χ1v) is 23.0. The third-order valence-electron chi connectivity index (χ3n) is 13.7. The number of fused-ring (bicyclic) bond motifs is 10. The topological polar surface area (TPSA) is 40.6 Å². The van der Waals surface area contributed by atoms with Crippen LogP contribution in [0.2, 0.25) is 0 Å². The number of hydrogen-bond donors (Lipinski definition) is 0. The van der Waals surface area contributed by atoms with Crippen LogP contribution >= 0.6 is 0 Å². The van der Waals surface area contributed by atoms with Crippen LogP contribution in [-0.2, 0) is 5.41 Å². The molecule has 3 aliphatic rings. The van der Waals surface area contributed by atoms with E-state index in [2.05, 4.69) is 168 Å². The van der Waals surface area contributed by atoms with Gasteiger partial charge in [0.1, 0.15) is 0 Å². The maximum absolute atomic E-state index is 14.6. The van der Waals surface area contributed by atoms with Crippen molar-refractivity contribution in [1.29, 1.82) is 0 Å². The smallest absolute Gasteiger partial charge is 0.193 e. The fourth-order valence-electron chi connectivity index (χ4n) is 10.7. The van der Waals surface area contributed by atoms with Gasteiger partial charge >= 0.3 is 0 Å². The molecule has 0 saturated heterocycles. The summed E-state index contributed by atoms with van der Waals surface area (Å²) in [5, 5.41) is 0. The number of anilines is 5. The van der Waals surface area contributed by atoms with E-state index < -0.39 is 5.41 Å². The molecule has 0 saturated carbocycles. The summed E-state index contributed by atoms with van der Waals surface area (Å²) in [5.41, 5.74) is 16.5. The molecule has 0 amide bonds. The molecule has 0 fully saturated rings. The molecule has 0 aliphatic heterocycles. The third-order valence-corrected chi connectivity index (χ3v) is 13.7. The van der Waals surface area contributed by atoms with Crippen molar-refractivity contribution in [3.8, 4) is 22.3 Å². The number of ketones is 2. The highest BCUT2D eigenvalue weighted by atomic mass is 16.1. The van der Waals surface area contributed by atoms with Gasteiger partial charge < -0.3 is 9.80 Å². The summed E-state index contributed by atoms with van der Waals surface area (Å²) in [5.74, 6) is -0.0791. The molecule has 0 aromatic heterocycles. The van der Waals surface area contributed by atoms with Crippen LogP contribution in [0.3, 0.4) is 0 Å². The molecule has 318 valence electrons. The normalized spacial score (nSPS) is 15.0. The summed E-state index contributed by atoms with van der Waals surface area (Å²) in [4.78, 5) is 33.9. The van der Waals surface area contributed by atoms with E-state index in [1.54, 1.807) is 0 Å². The summed E-state index contributed by atoms with van der Waals surface area (Å²) in [6.07, 6.45) is 8.46. The molecule has 0 N–H and O–H groups in total. The van der Waals surface area contributed by atoms with Crippen LogP contribution in [-0.4, -0.2) is 11.6 Å². The number of rotatable bonds is 10. The highest BCUT2D eigenvalue weighted by Gasteiger charge is 2.53. The largest absolute Gasteiger partial charge is 0.314 e. The van der Waals surface area contributed by atoms with Gasteiger partial charge in [0.05, 0.1) is 5.41 Å². The lowest BCUT2D eigenvalue weighted by Gasteiger charge is -2.34. The van der Waals surface area contributed by atoms with Gasteiger partial charge in [-0.15, -0.1) is 0 Å². The quantitative estimate of drug-likeness (QED) is 0.128. The van der Waals surface area contributed by atoms with E-state index in [4.69, 9.17) is 0 Å². The number of carbonyl (C=O) groups excluding carboxylic acids is 2. The third kappa shape index (κ3) is 6.60. The van der Waals surface area contributed by atoms with Crippen molar-refractivity contribution in [2.45, 2.75) is 18.3 Å². The van der Waals surface area contributed by atoms with Gasteiger partial charge in [0, 0.05) is 56.4 Å². The van der Waals surface area contributed by atoms with Gasteiger partial charge in [-0.05, 0) is 136 Å². The fraction of sp³-hybridized carbons (Fsp3) is 0.0476. The zero-order valence-electron chi connectivity index (χ0n) is 36.7. The molecule has 12 rings (SSSR count). The van der Waals surface area contributed by atoms with Crippen molar-refractivity contribution < 1.29 is 9.59 Å². The van der Waals surface area contributed by atoms with Crippen LogP contribution in [0, 0.1) is 0 Å². The second kappa shape index (κ2) is 16.4. The molecule has 9 aromatic rings. The number of nitrogens with zero attached hydrogens (tertiary/aromatic N) is 2. The molecule has 0 radical (unpaired) electrons. The summed E-state index contributed by atoms with van der Waals surface area (Å²) < 4.78 is 0. The molecule has 3 aliphatic carbocycles. The van der Waals surface area contributed by atoms with Gasteiger partial charge in [-0.3, -0.25) is 9.59 Å². The van der Waals surface area contributed by atoms with Crippen molar-refractivity contribution >= 4 is 40.0 Å². The first-order chi connectivity index (χ1) is 33.1. The van der Waals surface area contributed by atoms with Crippen LogP contribution in [0.1, 0.15) is 66.9 Å². The standard InChI is InChI=1S/C63H44N2O2/c66-61(43-19-7-1-8-20-43)45-31-35-53-55-37-33-51(64(47-23-11-3-12-24-47)48-25-13-4-14-26-48)41-59(55)63(57(53)39-45)58-40-46(62(67)44-21-9-2-10-22-44)32-36-54(58)56-38-34-52(42-60(56)63)65(49-27-15-5-16-28-49)50-29-17-6-18-30-50/h1-17,19-29,31-42H,18,30H2. The Morgan fingerprint density at radius 2 is 0.731 bits per heavy atom. The molecule has 1 atom stereocenters.